The second-order valence-corrected chi connectivity index (χ2v) is 15.4. The SMILES string of the molecule is CCCCCCCCC(C(=C=[N+]=[N-])CCCCC)=C(c1cc(CCCC)cc(CCCC)c1)c1cc(CCCCCC)cc(CCCCCC)c1. The van der Waals surface area contributed by atoms with Crippen LogP contribution in [0.5, 0.6) is 0 Å². The van der Waals surface area contributed by atoms with Crippen molar-refractivity contribution < 1.29 is 4.79 Å². The van der Waals surface area contributed by atoms with Crippen molar-refractivity contribution in [2.45, 2.75) is 215 Å². The Labute approximate surface area is 316 Å². The Hall–Kier alpha value is -2.66. The molecule has 2 aromatic rings. The molecule has 0 bridgehead atoms. The van der Waals surface area contributed by atoms with E-state index >= 15 is 0 Å². The predicted molar refractivity (Wildman–Crippen MR) is 226 cm³/mol. The molecule has 0 atom stereocenters. The van der Waals surface area contributed by atoms with Gasteiger partial charge in [0.2, 0.25) is 0 Å². The van der Waals surface area contributed by atoms with Gasteiger partial charge in [0, 0.05) is 0 Å². The zero-order chi connectivity index (χ0) is 36.9. The highest BCUT2D eigenvalue weighted by atomic mass is 14.8. The fourth-order valence-corrected chi connectivity index (χ4v) is 7.58. The van der Waals surface area contributed by atoms with Crippen LogP contribution in [0.3, 0.4) is 0 Å². The average Bonchev–Trinajstić information content (AvgIpc) is 3.14. The molecule has 51 heavy (non-hydrogen) atoms. The van der Waals surface area contributed by atoms with Crippen LogP contribution in [0.1, 0.15) is 223 Å². The summed E-state index contributed by atoms with van der Waals surface area (Å²) in [5, 5.41) is 0. The molecule has 0 heterocycles. The Balaban J connectivity index is 2.95. The summed E-state index contributed by atoms with van der Waals surface area (Å²) in [4.78, 5) is 3.62. The largest absolute Gasteiger partial charge is 0.348 e. The van der Waals surface area contributed by atoms with E-state index in [1.165, 1.54) is 167 Å². The third-order valence-corrected chi connectivity index (χ3v) is 10.6. The van der Waals surface area contributed by atoms with Crippen LogP contribution in [0, 0.1) is 0 Å². The molecule has 0 aliphatic rings. The van der Waals surface area contributed by atoms with Crippen LogP contribution in [0.25, 0.3) is 11.1 Å². The van der Waals surface area contributed by atoms with Gasteiger partial charge >= 0.3 is 5.87 Å². The average molecular weight is 695 g/mol. The molecule has 0 saturated heterocycles. The number of hydrogen-bond donors (Lipinski definition) is 0. The number of nitrogens with zero attached hydrogens (tertiary/aromatic N) is 2. The lowest BCUT2D eigenvalue weighted by Crippen LogP contribution is -2.04. The maximum absolute atomic E-state index is 10.1. The third-order valence-electron chi connectivity index (χ3n) is 10.6. The predicted octanol–water partition coefficient (Wildman–Crippen LogP) is 15.6. The molecule has 284 valence electrons. The fraction of sp³-hybridized carbons (Fsp3) is 0.673. The zero-order valence-electron chi connectivity index (χ0n) is 34.5. The van der Waals surface area contributed by atoms with Gasteiger partial charge in [0.25, 0.3) is 0 Å². The van der Waals surface area contributed by atoms with E-state index < -0.39 is 0 Å². The highest BCUT2D eigenvalue weighted by Gasteiger charge is 2.20. The number of rotatable bonds is 30. The molecule has 2 heteroatoms. The Morgan fingerprint density at radius 1 is 0.431 bits per heavy atom. The molecule has 0 aromatic heterocycles. The molecule has 0 unspecified atom stereocenters. The molecule has 0 saturated carbocycles. The van der Waals surface area contributed by atoms with Crippen molar-refractivity contribution in [2.24, 2.45) is 0 Å². The van der Waals surface area contributed by atoms with Crippen LogP contribution in [-0.4, -0.2) is 10.7 Å². The van der Waals surface area contributed by atoms with Crippen LogP contribution in [-0.2, 0) is 25.7 Å². The van der Waals surface area contributed by atoms with Crippen LogP contribution in [0.15, 0.2) is 47.5 Å². The van der Waals surface area contributed by atoms with Crippen molar-refractivity contribution in [1.82, 2.24) is 0 Å². The number of allylic oxidation sites excluding steroid dienone is 2. The topological polar surface area (TPSA) is 36.4 Å². The minimum absolute atomic E-state index is 0.908. The molecule has 0 N–H and O–H groups in total. The lowest BCUT2D eigenvalue weighted by atomic mass is 9.82. The van der Waals surface area contributed by atoms with E-state index in [9.17, 15) is 5.53 Å². The molecule has 2 rings (SSSR count). The van der Waals surface area contributed by atoms with Gasteiger partial charge in [-0.2, -0.15) is 0 Å². The van der Waals surface area contributed by atoms with E-state index in [1.54, 1.807) is 0 Å². The van der Waals surface area contributed by atoms with Gasteiger partial charge in [-0.1, -0.05) is 174 Å². The fourth-order valence-electron chi connectivity index (χ4n) is 7.58. The lowest BCUT2D eigenvalue weighted by molar-refractivity contribution is 0.00739. The third kappa shape index (κ3) is 18.1. The van der Waals surface area contributed by atoms with Crippen LogP contribution >= 0.6 is 0 Å². The van der Waals surface area contributed by atoms with Gasteiger partial charge in [-0.3, -0.25) is 0 Å². The van der Waals surface area contributed by atoms with E-state index in [1.807, 2.05) is 0 Å². The van der Waals surface area contributed by atoms with Crippen molar-refractivity contribution in [3.05, 3.63) is 86.5 Å². The summed E-state index contributed by atoms with van der Waals surface area (Å²) in [6, 6.07) is 15.2. The van der Waals surface area contributed by atoms with E-state index in [-0.39, 0.29) is 0 Å². The second kappa shape index (κ2) is 28.9. The summed E-state index contributed by atoms with van der Waals surface area (Å²) in [6.07, 6.45) is 32.6. The molecule has 2 aromatic carbocycles. The van der Waals surface area contributed by atoms with Gasteiger partial charge in [-0.05, 0) is 122 Å². The molecule has 0 aliphatic heterocycles. The molecular formula is C49H78N2. The van der Waals surface area contributed by atoms with E-state index in [2.05, 4.69) is 88.6 Å². The minimum Gasteiger partial charge on any atom is -0.348 e. The number of benzene rings is 2. The second-order valence-electron chi connectivity index (χ2n) is 15.4. The summed E-state index contributed by atoms with van der Waals surface area (Å²) >= 11 is 0. The molecule has 0 radical (unpaired) electrons. The van der Waals surface area contributed by atoms with Crippen molar-refractivity contribution >= 4 is 11.4 Å². The van der Waals surface area contributed by atoms with E-state index in [4.69, 9.17) is 0 Å². The first-order valence-corrected chi connectivity index (χ1v) is 22.0. The molecule has 0 fully saturated rings. The Morgan fingerprint density at radius 3 is 1.22 bits per heavy atom. The van der Waals surface area contributed by atoms with Crippen molar-refractivity contribution in [1.29, 1.82) is 0 Å². The quantitative estimate of drug-likeness (QED) is 0.0257. The van der Waals surface area contributed by atoms with Crippen molar-refractivity contribution in [3.8, 4) is 0 Å². The van der Waals surface area contributed by atoms with Gasteiger partial charge in [0.15, 0.2) is 0 Å². The van der Waals surface area contributed by atoms with Crippen LogP contribution in [0.4, 0.5) is 0 Å². The summed E-state index contributed by atoms with van der Waals surface area (Å²) < 4.78 is 0. The first-order valence-electron chi connectivity index (χ1n) is 22.0. The number of aryl methyl sites for hydroxylation is 4. The van der Waals surface area contributed by atoms with Crippen LogP contribution < -0.4 is 0 Å². The molecule has 0 spiro atoms. The summed E-state index contributed by atoms with van der Waals surface area (Å²) in [5.74, 6) is 3.19. The minimum atomic E-state index is 0.908. The summed E-state index contributed by atoms with van der Waals surface area (Å²) in [5.41, 5.74) is 22.6. The Bertz CT molecular complexity index is 1280. The maximum Gasteiger partial charge on any atom is 0.303 e. The first kappa shape index (κ1) is 44.5. The highest BCUT2D eigenvalue weighted by Crippen LogP contribution is 2.37. The van der Waals surface area contributed by atoms with Gasteiger partial charge in [0.1, 0.15) is 0 Å². The van der Waals surface area contributed by atoms with Gasteiger partial charge in [-0.15, -0.1) is 4.79 Å². The summed E-state index contributed by atoms with van der Waals surface area (Å²) in [6.45, 7) is 13.8. The maximum atomic E-state index is 10.1. The Kier molecular flexibility index (Phi) is 25.2. The van der Waals surface area contributed by atoms with Gasteiger partial charge < -0.3 is 5.53 Å². The van der Waals surface area contributed by atoms with Crippen molar-refractivity contribution in [3.63, 3.8) is 0 Å². The van der Waals surface area contributed by atoms with Gasteiger partial charge in [0.05, 0.1) is 5.57 Å². The van der Waals surface area contributed by atoms with E-state index in [0.717, 1.165) is 56.9 Å². The Morgan fingerprint density at radius 2 is 0.784 bits per heavy atom. The standard InChI is InChI=1S/C49H78N2/c1-7-13-19-22-23-27-33-48(45(40-51-50)32-24-16-10-4)49(46-36-41(28-17-11-5)34-42(37-46)29-18-12-6)47-38-43(30-25-20-14-8-2)35-44(39-47)31-26-21-15-9-3/h34-39H,7-33H2,1-6H3. The smallest absolute Gasteiger partial charge is 0.303 e. The molecule has 0 amide bonds. The summed E-state index contributed by atoms with van der Waals surface area (Å²) in [7, 11) is 0. The molecule has 0 aliphatic carbocycles. The molecular weight excluding hydrogens is 617 g/mol. The van der Waals surface area contributed by atoms with Crippen LogP contribution in [0.2, 0.25) is 0 Å². The number of unbranched alkanes of at least 4 members (excludes halogenated alkanes) is 15. The normalized spacial score (nSPS) is 11.7. The highest BCUT2D eigenvalue weighted by molar-refractivity contribution is 5.87. The molecule has 2 nitrogen and oxygen atoms in total. The monoisotopic (exact) mass is 695 g/mol. The van der Waals surface area contributed by atoms with Gasteiger partial charge in [-0.25, -0.2) is 0 Å². The lowest BCUT2D eigenvalue weighted by Gasteiger charge is -2.21. The van der Waals surface area contributed by atoms with E-state index in [0.29, 0.717) is 0 Å². The first-order chi connectivity index (χ1) is 25.0. The zero-order valence-corrected chi connectivity index (χ0v) is 34.5. The number of hydrogen-bond acceptors (Lipinski definition) is 0. The van der Waals surface area contributed by atoms with Crippen molar-refractivity contribution in [2.75, 3.05) is 0 Å².